The Kier molecular flexibility index (Phi) is 3.24. The van der Waals surface area contributed by atoms with Crippen LogP contribution in [0.15, 0.2) is 0 Å². The first-order chi connectivity index (χ1) is 6.33. The second-order valence-electron chi connectivity index (χ2n) is 5.19. The topological polar surface area (TPSA) is 40.5 Å². The summed E-state index contributed by atoms with van der Waals surface area (Å²) in [5, 5.41) is 19.8. The van der Waals surface area contributed by atoms with Gasteiger partial charge in [-0.1, -0.05) is 18.3 Å². The number of hydrogen-bond donors (Lipinski definition) is 2. The lowest BCUT2D eigenvalue weighted by molar-refractivity contribution is -0.0586. The average molecular weight is 196 g/mol. The minimum atomic E-state index is -1.16. The smallest absolute Gasteiger partial charge is 0.151 e. The maximum Gasteiger partial charge on any atom is 0.151 e. The van der Waals surface area contributed by atoms with Gasteiger partial charge in [-0.05, 0) is 40.0 Å². The fourth-order valence-corrected chi connectivity index (χ4v) is 1.58. The van der Waals surface area contributed by atoms with Crippen molar-refractivity contribution in [3.05, 3.63) is 0 Å². The molecule has 1 aliphatic rings. The molecule has 1 rings (SSSR count). The van der Waals surface area contributed by atoms with Crippen molar-refractivity contribution in [1.82, 2.24) is 0 Å². The van der Waals surface area contributed by atoms with Gasteiger partial charge in [0.25, 0.3) is 0 Å². The Balaban J connectivity index is 2.76. The minimum Gasteiger partial charge on any atom is -0.389 e. The molecule has 2 nitrogen and oxygen atoms in total. The Morgan fingerprint density at radius 3 is 2.43 bits per heavy atom. The summed E-state index contributed by atoms with van der Waals surface area (Å²) in [7, 11) is 0. The van der Waals surface area contributed by atoms with Gasteiger partial charge in [-0.15, -0.1) is 0 Å². The summed E-state index contributed by atoms with van der Waals surface area (Å²) in [6.45, 7) is 6.00. The van der Waals surface area contributed by atoms with Crippen molar-refractivity contribution in [3.8, 4) is 11.8 Å². The Hall–Kier alpha value is -0.520. The lowest BCUT2D eigenvalue weighted by atomic mass is 9.82. The van der Waals surface area contributed by atoms with Gasteiger partial charge >= 0.3 is 0 Å². The minimum absolute atomic E-state index is 0.118. The molecule has 0 radical (unpaired) electrons. The van der Waals surface area contributed by atoms with Gasteiger partial charge in [0.15, 0.2) is 5.60 Å². The summed E-state index contributed by atoms with van der Waals surface area (Å²) in [4.78, 5) is 0. The monoisotopic (exact) mass is 196 g/mol. The van der Waals surface area contributed by atoms with Crippen molar-refractivity contribution in [3.63, 3.8) is 0 Å². The molecule has 2 N–H and O–H groups in total. The van der Waals surface area contributed by atoms with Crippen LogP contribution in [-0.2, 0) is 0 Å². The van der Waals surface area contributed by atoms with Gasteiger partial charge in [-0.2, -0.15) is 0 Å². The first kappa shape index (κ1) is 11.6. The highest BCUT2D eigenvalue weighted by atomic mass is 16.3. The molecule has 80 valence electrons. The third kappa shape index (κ3) is 3.01. The maximum absolute atomic E-state index is 10.1. The Morgan fingerprint density at radius 1 is 1.29 bits per heavy atom. The zero-order valence-electron chi connectivity index (χ0n) is 9.30. The molecule has 0 aromatic heterocycles. The van der Waals surface area contributed by atoms with Crippen molar-refractivity contribution in [2.45, 2.75) is 58.2 Å². The summed E-state index contributed by atoms with van der Waals surface area (Å²) < 4.78 is 0. The van der Waals surface area contributed by atoms with E-state index in [9.17, 15) is 10.2 Å². The van der Waals surface area contributed by atoms with Crippen molar-refractivity contribution in [1.29, 1.82) is 0 Å². The molecular weight excluding hydrogens is 176 g/mol. The fourth-order valence-electron chi connectivity index (χ4n) is 1.58. The molecule has 2 unspecified atom stereocenters. The van der Waals surface area contributed by atoms with Gasteiger partial charge in [0, 0.05) is 5.41 Å². The molecule has 0 aromatic carbocycles. The molecular formula is C12H20O2. The van der Waals surface area contributed by atoms with Crippen molar-refractivity contribution in [2.24, 2.45) is 5.41 Å². The molecule has 1 saturated carbocycles. The maximum atomic E-state index is 10.1. The molecule has 0 heterocycles. The van der Waals surface area contributed by atoms with E-state index in [0.29, 0.717) is 12.8 Å². The van der Waals surface area contributed by atoms with Gasteiger partial charge in [0.2, 0.25) is 0 Å². The molecule has 1 fully saturated rings. The standard InChI is InChI=1S/C12H20O2/c1-11(2,3)8-9-12(14)7-5-4-6-10(12)13/h10,13-14H,4-7H2,1-3H3. The lowest BCUT2D eigenvalue weighted by Gasteiger charge is -2.32. The number of hydrogen-bond acceptors (Lipinski definition) is 2. The highest BCUT2D eigenvalue weighted by Crippen LogP contribution is 2.28. The van der Waals surface area contributed by atoms with E-state index in [1.807, 2.05) is 20.8 Å². The zero-order chi connectivity index (χ0) is 10.8. The normalized spacial score (nSPS) is 33.4. The highest BCUT2D eigenvalue weighted by Gasteiger charge is 2.36. The number of aliphatic hydroxyl groups excluding tert-OH is 1. The van der Waals surface area contributed by atoms with Gasteiger partial charge < -0.3 is 10.2 Å². The Bertz CT molecular complexity index is 254. The van der Waals surface area contributed by atoms with Crippen LogP contribution in [0.2, 0.25) is 0 Å². The molecule has 0 bridgehead atoms. The van der Waals surface area contributed by atoms with Gasteiger partial charge in [-0.3, -0.25) is 0 Å². The van der Waals surface area contributed by atoms with Crippen LogP contribution >= 0.6 is 0 Å². The van der Waals surface area contributed by atoms with Crippen LogP contribution in [0, 0.1) is 17.3 Å². The second-order valence-corrected chi connectivity index (χ2v) is 5.19. The predicted octanol–water partition coefficient (Wildman–Crippen LogP) is 1.70. The van der Waals surface area contributed by atoms with Crippen LogP contribution in [0.5, 0.6) is 0 Å². The summed E-state index contributed by atoms with van der Waals surface area (Å²) in [5.41, 5.74) is -1.28. The fraction of sp³-hybridized carbons (Fsp3) is 0.833. The van der Waals surface area contributed by atoms with Gasteiger partial charge in [-0.25, -0.2) is 0 Å². The largest absolute Gasteiger partial charge is 0.389 e. The molecule has 1 aliphatic carbocycles. The van der Waals surface area contributed by atoms with Crippen LogP contribution in [-0.4, -0.2) is 21.9 Å². The molecule has 0 spiro atoms. The van der Waals surface area contributed by atoms with E-state index in [0.717, 1.165) is 12.8 Å². The quantitative estimate of drug-likeness (QED) is 0.579. The summed E-state index contributed by atoms with van der Waals surface area (Å²) in [6, 6.07) is 0. The van der Waals surface area contributed by atoms with Crippen LogP contribution < -0.4 is 0 Å². The van der Waals surface area contributed by atoms with Crippen LogP contribution in [0.25, 0.3) is 0 Å². The van der Waals surface area contributed by atoms with E-state index < -0.39 is 11.7 Å². The summed E-state index contributed by atoms with van der Waals surface area (Å²) >= 11 is 0. The van der Waals surface area contributed by atoms with Gasteiger partial charge in [0.1, 0.15) is 0 Å². The third-order valence-electron chi connectivity index (χ3n) is 2.49. The molecule has 2 heteroatoms. The van der Waals surface area contributed by atoms with Crippen molar-refractivity contribution < 1.29 is 10.2 Å². The first-order valence-electron chi connectivity index (χ1n) is 5.28. The van der Waals surface area contributed by atoms with Crippen molar-refractivity contribution in [2.75, 3.05) is 0 Å². The second kappa shape index (κ2) is 3.92. The highest BCUT2D eigenvalue weighted by molar-refractivity contribution is 5.20. The SMILES string of the molecule is CC(C)(C)C#CC1(O)CCCCC1O. The zero-order valence-corrected chi connectivity index (χ0v) is 9.30. The van der Waals surface area contributed by atoms with Gasteiger partial charge in [0.05, 0.1) is 6.10 Å². The van der Waals surface area contributed by atoms with Crippen LogP contribution in [0.1, 0.15) is 46.5 Å². The summed E-state index contributed by atoms with van der Waals surface area (Å²) in [5.74, 6) is 5.85. The predicted molar refractivity (Wildman–Crippen MR) is 56.7 cm³/mol. The van der Waals surface area contributed by atoms with Crippen molar-refractivity contribution >= 4 is 0 Å². The van der Waals surface area contributed by atoms with E-state index >= 15 is 0 Å². The Labute approximate surface area is 86.3 Å². The third-order valence-corrected chi connectivity index (χ3v) is 2.49. The first-order valence-corrected chi connectivity index (χ1v) is 5.28. The molecule has 14 heavy (non-hydrogen) atoms. The molecule has 0 aliphatic heterocycles. The van der Waals surface area contributed by atoms with E-state index in [1.165, 1.54) is 0 Å². The van der Waals surface area contributed by atoms with Crippen LogP contribution in [0.3, 0.4) is 0 Å². The number of rotatable bonds is 0. The van der Waals surface area contributed by atoms with E-state index in [2.05, 4.69) is 11.8 Å². The average Bonchev–Trinajstić information content (AvgIpc) is 2.06. The number of aliphatic hydroxyl groups is 2. The lowest BCUT2D eigenvalue weighted by Crippen LogP contribution is -2.43. The molecule has 2 atom stereocenters. The molecule has 0 amide bonds. The molecule has 0 saturated heterocycles. The summed E-state index contributed by atoms with van der Waals surface area (Å²) in [6.07, 6.45) is 2.52. The van der Waals surface area contributed by atoms with E-state index in [-0.39, 0.29) is 5.41 Å². The molecule has 0 aromatic rings. The van der Waals surface area contributed by atoms with Crippen LogP contribution in [0.4, 0.5) is 0 Å². The van der Waals surface area contributed by atoms with E-state index in [1.54, 1.807) is 0 Å². The van der Waals surface area contributed by atoms with E-state index in [4.69, 9.17) is 0 Å². The Morgan fingerprint density at radius 2 is 1.93 bits per heavy atom.